The van der Waals surface area contributed by atoms with Crippen molar-refractivity contribution in [1.82, 2.24) is 9.47 Å². The molecule has 7 heteroatoms. The number of aromatic nitrogens is 1. The Hall–Kier alpha value is -4.00. The summed E-state index contributed by atoms with van der Waals surface area (Å²) in [6, 6.07) is 21.3. The van der Waals surface area contributed by atoms with E-state index in [0.717, 1.165) is 22.5 Å². The summed E-state index contributed by atoms with van der Waals surface area (Å²) >= 11 is 0. The highest BCUT2D eigenvalue weighted by Crippen LogP contribution is 2.22. The normalized spacial score (nSPS) is 10.8. The van der Waals surface area contributed by atoms with E-state index in [-0.39, 0.29) is 13.1 Å². The van der Waals surface area contributed by atoms with Crippen LogP contribution in [0.2, 0.25) is 0 Å². The van der Waals surface area contributed by atoms with Crippen molar-refractivity contribution in [1.29, 1.82) is 0 Å². The highest BCUT2D eigenvalue weighted by molar-refractivity contribution is 5.89. The van der Waals surface area contributed by atoms with E-state index in [1.807, 2.05) is 84.4 Å². The molecule has 3 aromatic carbocycles. The number of nitrogens with one attached hydrogen (secondary N) is 1. The summed E-state index contributed by atoms with van der Waals surface area (Å²) in [7, 11) is 0. The third kappa shape index (κ3) is 5.26. The Balaban J connectivity index is 1.63. The molecule has 1 aromatic heterocycles. The summed E-state index contributed by atoms with van der Waals surface area (Å²) in [5.74, 6) is -3.41. The molecule has 4 rings (SSSR count). The minimum atomic E-state index is -1.18. The van der Waals surface area contributed by atoms with Crippen molar-refractivity contribution in [3.05, 3.63) is 119 Å². The molecule has 0 saturated carbocycles. The van der Waals surface area contributed by atoms with Gasteiger partial charge in [0.15, 0.2) is 11.6 Å². The number of halogens is 3. The van der Waals surface area contributed by atoms with Crippen LogP contribution in [0.1, 0.15) is 16.8 Å². The molecule has 0 saturated heterocycles. The van der Waals surface area contributed by atoms with E-state index < -0.39 is 29.2 Å². The number of aryl methyl sites for hydroxylation is 1. The van der Waals surface area contributed by atoms with E-state index in [1.54, 1.807) is 0 Å². The molecular weight excluding hydrogens is 427 g/mol. The van der Waals surface area contributed by atoms with E-state index >= 15 is 0 Å². The summed E-state index contributed by atoms with van der Waals surface area (Å²) in [5, 5.41) is 2.27. The molecule has 0 radical (unpaired) electrons. The fourth-order valence-electron chi connectivity index (χ4n) is 3.55. The molecular formula is C26H22F3N3O. The van der Waals surface area contributed by atoms with Crippen LogP contribution in [0, 0.1) is 24.4 Å². The zero-order chi connectivity index (χ0) is 23.4. The predicted molar refractivity (Wildman–Crippen MR) is 122 cm³/mol. The molecule has 2 amide bonds. The number of nitrogens with zero attached hydrogens (tertiary/aromatic N) is 2. The molecule has 4 aromatic rings. The minimum absolute atomic E-state index is 0.173. The van der Waals surface area contributed by atoms with Gasteiger partial charge in [-0.05, 0) is 36.8 Å². The van der Waals surface area contributed by atoms with Crippen molar-refractivity contribution in [3.63, 3.8) is 0 Å². The first-order chi connectivity index (χ1) is 15.9. The fourth-order valence-corrected chi connectivity index (χ4v) is 3.55. The number of benzene rings is 3. The van der Waals surface area contributed by atoms with E-state index in [9.17, 15) is 18.0 Å². The van der Waals surface area contributed by atoms with E-state index in [4.69, 9.17) is 0 Å². The van der Waals surface area contributed by atoms with Crippen molar-refractivity contribution in [2.75, 3.05) is 5.32 Å². The van der Waals surface area contributed by atoms with Crippen LogP contribution in [-0.4, -0.2) is 15.5 Å². The highest BCUT2D eigenvalue weighted by Gasteiger charge is 2.21. The Kier molecular flexibility index (Phi) is 6.49. The number of urea groups is 1. The van der Waals surface area contributed by atoms with Gasteiger partial charge in [0.25, 0.3) is 0 Å². The van der Waals surface area contributed by atoms with Crippen LogP contribution >= 0.6 is 0 Å². The molecule has 0 aliphatic rings. The van der Waals surface area contributed by atoms with Gasteiger partial charge in [-0.1, -0.05) is 48.0 Å². The highest BCUT2D eigenvalue weighted by atomic mass is 19.1. The quantitative estimate of drug-likeness (QED) is 0.362. The van der Waals surface area contributed by atoms with Crippen molar-refractivity contribution in [2.45, 2.75) is 20.0 Å². The first-order valence-electron chi connectivity index (χ1n) is 10.4. The second-order valence-corrected chi connectivity index (χ2v) is 7.72. The molecule has 0 spiro atoms. The molecule has 1 N–H and O–H groups in total. The monoisotopic (exact) mass is 449 g/mol. The van der Waals surface area contributed by atoms with Gasteiger partial charge in [-0.15, -0.1) is 0 Å². The van der Waals surface area contributed by atoms with Crippen LogP contribution in [0.4, 0.5) is 23.7 Å². The molecule has 0 unspecified atom stereocenters. The summed E-state index contributed by atoms with van der Waals surface area (Å²) in [5.41, 5.74) is 3.02. The number of anilines is 1. The molecule has 33 heavy (non-hydrogen) atoms. The Bertz CT molecular complexity index is 1230. The number of amides is 2. The molecule has 168 valence electrons. The average Bonchev–Trinajstić information content (AvgIpc) is 3.25. The molecule has 4 nitrogen and oxygen atoms in total. The van der Waals surface area contributed by atoms with Crippen molar-refractivity contribution >= 4 is 11.7 Å². The smallest absolute Gasteiger partial charge is 0.319 e. The van der Waals surface area contributed by atoms with Gasteiger partial charge in [-0.3, -0.25) is 0 Å². The minimum Gasteiger partial charge on any atom is -0.319 e. The standard InChI is InChI=1S/C26H22F3N3O/c1-18-9-11-21(12-10-18)32-13-5-8-22(32)17-31(16-19-6-3-2-4-7-19)26(33)30-25-23(28)14-20(27)15-24(25)29/h2-15H,16-17H2,1H3,(H,30,33). The van der Waals surface area contributed by atoms with Crippen molar-refractivity contribution in [2.24, 2.45) is 0 Å². The Morgan fingerprint density at radius 2 is 1.55 bits per heavy atom. The first-order valence-corrected chi connectivity index (χ1v) is 10.4. The Morgan fingerprint density at radius 1 is 0.879 bits per heavy atom. The number of carbonyl (C=O) groups excluding carboxylic acids is 1. The SMILES string of the molecule is Cc1ccc(-n2cccc2CN(Cc2ccccc2)C(=O)Nc2c(F)cc(F)cc2F)cc1. The van der Waals surface area contributed by atoms with Crippen LogP contribution in [0.25, 0.3) is 5.69 Å². The average molecular weight is 449 g/mol. The van der Waals surface area contributed by atoms with Crippen LogP contribution in [0.3, 0.4) is 0 Å². The first kappa shape index (κ1) is 22.2. The van der Waals surface area contributed by atoms with Crippen LogP contribution in [-0.2, 0) is 13.1 Å². The van der Waals surface area contributed by atoms with E-state index in [1.165, 1.54) is 4.90 Å². The van der Waals surface area contributed by atoms with Crippen LogP contribution in [0.15, 0.2) is 85.1 Å². The predicted octanol–water partition coefficient (Wildman–Crippen LogP) is 6.44. The second kappa shape index (κ2) is 9.65. The molecule has 0 aliphatic carbocycles. The molecule has 1 heterocycles. The zero-order valence-electron chi connectivity index (χ0n) is 17.9. The molecule has 0 bridgehead atoms. The summed E-state index contributed by atoms with van der Waals surface area (Å²) in [6.45, 7) is 2.38. The molecule has 0 fully saturated rings. The largest absolute Gasteiger partial charge is 0.322 e. The summed E-state index contributed by atoms with van der Waals surface area (Å²) < 4.78 is 43.5. The van der Waals surface area contributed by atoms with Gasteiger partial charge in [0.05, 0.1) is 6.54 Å². The summed E-state index contributed by atoms with van der Waals surface area (Å²) in [4.78, 5) is 14.5. The third-order valence-electron chi connectivity index (χ3n) is 5.24. The van der Waals surface area contributed by atoms with Gasteiger partial charge >= 0.3 is 6.03 Å². The lowest BCUT2D eigenvalue weighted by Crippen LogP contribution is -2.35. The maximum atomic E-state index is 14.1. The van der Waals surface area contributed by atoms with Gasteiger partial charge in [-0.2, -0.15) is 0 Å². The maximum absolute atomic E-state index is 14.1. The van der Waals surface area contributed by atoms with Gasteiger partial charge in [-0.25, -0.2) is 18.0 Å². The lowest BCUT2D eigenvalue weighted by Gasteiger charge is -2.24. The van der Waals surface area contributed by atoms with E-state index in [0.29, 0.717) is 12.1 Å². The Labute approximate surface area is 189 Å². The second-order valence-electron chi connectivity index (χ2n) is 7.72. The molecule has 0 atom stereocenters. The van der Waals surface area contributed by atoms with Gasteiger partial charge in [0.1, 0.15) is 11.5 Å². The van der Waals surface area contributed by atoms with Gasteiger partial charge < -0.3 is 14.8 Å². The fraction of sp³-hybridized carbons (Fsp3) is 0.115. The topological polar surface area (TPSA) is 37.3 Å². The number of hydrogen-bond donors (Lipinski definition) is 1. The summed E-state index contributed by atoms with van der Waals surface area (Å²) in [6.07, 6.45) is 1.89. The number of rotatable bonds is 6. The number of hydrogen-bond acceptors (Lipinski definition) is 1. The maximum Gasteiger partial charge on any atom is 0.322 e. The Morgan fingerprint density at radius 3 is 2.21 bits per heavy atom. The van der Waals surface area contributed by atoms with E-state index in [2.05, 4.69) is 5.32 Å². The third-order valence-corrected chi connectivity index (χ3v) is 5.24. The van der Waals surface area contributed by atoms with Gasteiger partial charge in [0, 0.05) is 36.3 Å². The van der Waals surface area contributed by atoms with Crippen molar-refractivity contribution < 1.29 is 18.0 Å². The lowest BCUT2D eigenvalue weighted by atomic mass is 10.2. The van der Waals surface area contributed by atoms with Crippen molar-refractivity contribution in [3.8, 4) is 5.69 Å². The zero-order valence-corrected chi connectivity index (χ0v) is 17.9. The van der Waals surface area contributed by atoms with Gasteiger partial charge in [0.2, 0.25) is 0 Å². The number of carbonyl (C=O) groups is 1. The lowest BCUT2D eigenvalue weighted by molar-refractivity contribution is 0.205. The molecule has 0 aliphatic heterocycles. The van der Waals surface area contributed by atoms with Crippen LogP contribution in [0.5, 0.6) is 0 Å². The van der Waals surface area contributed by atoms with Crippen LogP contribution < -0.4 is 5.32 Å².